The Hall–Kier alpha value is -1.39. The SMILES string of the molecule is O=C(NC1CC1)c1cn[nH]n1. The lowest BCUT2D eigenvalue weighted by molar-refractivity contribution is 0.0946. The van der Waals surface area contributed by atoms with Gasteiger partial charge in [0, 0.05) is 6.04 Å². The summed E-state index contributed by atoms with van der Waals surface area (Å²) in [6, 6.07) is 0.374. The van der Waals surface area contributed by atoms with Gasteiger partial charge < -0.3 is 5.32 Å². The number of hydrogen-bond donors (Lipinski definition) is 2. The molecule has 2 N–H and O–H groups in total. The number of aromatic amines is 1. The maximum atomic E-state index is 11.1. The van der Waals surface area contributed by atoms with Crippen LogP contribution in [-0.2, 0) is 0 Å². The third-order valence-corrected chi connectivity index (χ3v) is 1.56. The standard InChI is InChI=1S/C6H8N4O/c11-6(8-4-1-2-4)5-3-7-10-9-5/h3-4H,1-2H2,(H,8,11)(H,7,9,10). The van der Waals surface area contributed by atoms with Crippen molar-refractivity contribution in [3.05, 3.63) is 11.9 Å². The molecule has 0 saturated heterocycles. The molecule has 5 nitrogen and oxygen atoms in total. The Morgan fingerprint density at radius 3 is 3.09 bits per heavy atom. The topological polar surface area (TPSA) is 70.7 Å². The van der Waals surface area contributed by atoms with E-state index in [4.69, 9.17) is 0 Å². The first-order valence-corrected chi connectivity index (χ1v) is 3.53. The van der Waals surface area contributed by atoms with Crippen molar-refractivity contribution in [3.63, 3.8) is 0 Å². The van der Waals surface area contributed by atoms with E-state index in [9.17, 15) is 4.79 Å². The molecule has 1 aliphatic rings. The fraction of sp³-hybridized carbons (Fsp3) is 0.500. The minimum atomic E-state index is -0.138. The predicted octanol–water partition coefficient (Wildman–Crippen LogP) is -0.303. The van der Waals surface area contributed by atoms with Crippen LogP contribution < -0.4 is 5.32 Å². The first-order chi connectivity index (χ1) is 5.36. The quantitative estimate of drug-likeness (QED) is 0.611. The van der Waals surface area contributed by atoms with Gasteiger partial charge in [-0.1, -0.05) is 0 Å². The number of aromatic nitrogens is 3. The van der Waals surface area contributed by atoms with E-state index in [1.54, 1.807) is 0 Å². The Bertz CT molecular complexity index is 252. The number of carbonyl (C=O) groups is 1. The van der Waals surface area contributed by atoms with Crippen molar-refractivity contribution in [1.82, 2.24) is 20.7 Å². The van der Waals surface area contributed by atoms with Crippen molar-refractivity contribution in [3.8, 4) is 0 Å². The van der Waals surface area contributed by atoms with Gasteiger partial charge in [-0.3, -0.25) is 4.79 Å². The average molecular weight is 152 g/mol. The van der Waals surface area contributed by atoms with Crippen LogP contribution in [-0.4, -0.2) is 27.4 Å². The smallest absolute Gasteiger partial charge is 0.273 e. The lowest BCUT2D eigenvalue weighted by Gasteiger charge is -1.96. The summed E-state index contributed by atoms with van der Waals surface area (Å²) in [4.78, 5) is 11.1. The summed E-state index contributed by atoms with van der Waals surface area (Å²) in [6.07, 6.45) is 3.59. The summed E-state index contributed by atoms with van der Waals surface area (Å²) in [5, 5.41) is 12.4. The monoisotopic (exact) mass is 152 g/mol. The number of hydrogen-bond acceptors (Lipinski definition) is 3. The number of carbonyl (C=O) groups excluding carboxylic acids is 1. The second-order valence-electron chi connectivity index (χ2n) is 2.60. The van der Waals surface area contributed by atoms with Crippen molar-refractivity contribution in [2.45, 2.75) is 18.9 Å². The lowest BCUT2D eigenvalue weighted by atomic mass is 10.4. The molecule has 0 aromatic carbocycles. The molecule has 11 heavy (non-hydrogen) atoms. The van der Waals surface area contributed by atoms with Gasteiger partial charge in [0.1, 0.15) is 0 Å². The van der Waals surface area contributed by atoms with E-state index < -0.39 is 0 Å². The van der Waals surface area contributed by atoms with Crippen molar-refractivity contribution in [2.75, 3.05) is 0 Å². The number of H-pyrrole nitrogens is 1. The number of nitrogens with one attached hydrogen (secondary N) is 2. The van der Waals surface area contributed by atoms with Gasteiger partial charge in [0.25, 0.3) is 5.91 Å². The Labute approximate surface area is 63.2 Å². The van der Waals surface area contributed by atoms with E-state index in [2.05, 4.69) is 20.7 Å². The van der Waals surface area contributed by atoms with E-state index in [0.717, 1.165) is 12.8 Å². The molecule has 1 aliphatic carbocycles. The largest absolute Gasteiger partial charge is 0.348 e. The predicted molar refractivity (Wildman–Crippen MR) is 36.9 cm³/mol. The van der Waals surface area contributed by atoms with Gasteiger partial charge in [0.2, 0.25) is 0 Å². The molecule has 0 spiro atoms. The zero-order valence-electron chi connectivity index (χ0n) is 5.87. The molecule has 1 aromatic heterocycles. The molecule has 1 fully saturated rings. The molecule has 58 valence electrons. The fourth-order valence-electron chi connectivity index (χ4n) is 0.798. The van der Waals surface area contributed by atoms with Crippen molar-refractivity contribution in [1.29, 1.82) is 0 Å². The highest BCUT2D eigenvalue weighted by atomic mass is 16.2. The lowest BCUT2D eigenvalue weighted by Crippen LogP contribution is -2.25. The van der Waals surface area contributed by atoms with Crippen LogP contribution in [0.15, 0.2) is 6.20 Å². The molecule has 1 amide bonds. The van der Waals surface area contributed by atoms with Crippen LogP contribution in [0.2, 0.25) is 0 Å². The maximum Gasteiger partial charge on any atom is 0.273 e. The highest BCUT2D eigenvalue weighted by Crippen LogP contribution is 2.18. The van der Waals surface area contributed by atoms with Gasteiger partial charge >= 0.3 is 0 Å². The molecule has 0 radical (unpaired) electrons. The van der Waals surface area contributed by atoms with Crippen LogP contribution in [0.1, 0.15) is 23.3 Å². The summed E-state index contributed by atoms with van der Waals surface area (Å²) in [5.74, 6) is -0.138. The molecule has 0 aliphatic heterocycles. The van der Waals surface area contributed by atoms with Crippen molar-refractivity contribution >= 4 is 5.91 Å². The van der Waals surface area contributed by atoms with Crippen LogP contribution >= 0.6 is 0 Å². The first kappa shape index (κ1) is 6.33. The van der Waals surface area contributed by atoms with Crippen LogP contribution in [0, 0.1) is 0 Å². The summed E-state index contributed by atoms with van der Waals surface area (Å²) in [7, 11) is 0. The van der Waals surface area contributed by atoms with Gasteiger partial charge in [-0.2, -0.15) is 15.4 Å². The molecule has 0 atom stereocenters. The number of amides is 1. The number of rotatable bonds is 2. The average Bonchev–Trinajstić information content (AvgIpc) is 2.67. The Morgan fingerprint density at radius 2 is 2.55 bits per heavy atom. The Morgan fingerprint density at radius 1 is 1.73 bits per heavy atom. The van der Waals surface area contributed by atoms with Crippen LogP contribution in [0.4, 0.5) is 0 Å². The van der Waals surface area contributed by atoms with E-state index in [1.807, 2.05) is 0 Å². The molecule has 0 bridgehead atoms. The third-order valence-electron chi connectivity index (χ3n) is 1.56. The van der Waals surface area contributed by atoms with E-state index in [0.29, 0.717) is 11.7 Å². The van der Waals surface area contributed by atoms with Crippen LogP contribution in [0.25, 0.3) is 0 Å². The highest BCUT2D eigenvalue weighted by Gasteiger charge is 2.24. The molecule has 2 rings (SSSR count). The Balaban J connectivity index is 1.99. The fourth-order valence-corrected chi connectivity index (χ4v) is 0.798. The molecule has 1 heterocycles. The van der Waals surface area contributed by atoms with Crippen LogP contribution in [0.5, 0.6) is 0 Å². The third kappa shape index (κ3) is 1.36. The molecule has 0 unspecified atom stereocenters. The van der Waals surface area contributed by atoms with Crippen molar-refractivity contribution < 1.29 is 4.79 Å². The highest BCUT2D eigenvalue weighted by molar-refractivity contribution is 5.92. The second kappa shape index (κ2) is 2.34. The van der Waals surface area contributed by atoms with E-state index in [-0.39, 0.29) is 5.91 Å². The first-order valence-electron chi connectivity index (χ1n) is 3.53. The molecule has 5 heteroatoms. The van der Waals surface area contributed by atoms with Gasteiger partial charge in [0.05, 0.1) is 6.20 Å². The molecule has 1 aromatic rings. The van der Waals surface area contributed by atoms with E-state index in [1.165, 1.54) is 6.20 Å². The summed E-state index contributed by atoms with van der Waals surface area (Å²) in [6.45, 7) is 0. The Kier molecular flexibility index (Phi) is 1.34. The van der Waals surface area contributed by atoms with Crippen LogP contribution in [0.3, 0.4) is 0 Å². The summed E-state index contributed by atoms with van der Waals surface area (Å²) in [5.41, 5.74) is 0.358. The molecular weight excluding hydrogens is 144 g/mol. The van der Waals surface area contributed by atoms with Gasteiger partial charge in [-0.25, -0.2) is 0 Å². The maximum absolute atomic E-state index is 11.1. The minimum absolute atomic E-state index is 0.138. The zero-order chi connectivity index (χ0) is 7.68. The minimum Gasteiger partial charge on any atom is -0.348 e. The van der Waals surface area contributed by atoms with Gasteiger partial charge in [-0.15, -0.1) is 0 Å². The van der Waals surface area contributed by atoms with Crippen molar-refractivity contribution in [2.24, 2.45) is 0 Å². The zero-order valence-corrected chi connectivity index (χ0v) is 5.87. The molecular formula is C6H8N4O. The number of nitrogens with zero attached hydrogens (tertiary/aromatic N) is 2. The van der Waals surface area contributed by atoms with E-state index >= 15 is 0 Å². The normalized spacial score (nSPS) is 16.4. The van der Waals surface area contributed by atoms with Gasteiger partial charge in [0.15, 0.2) is 5.69 Å². The summed E-state index contributed by atoms with van der Waals surface area (Å²) < 4.78 is 0. The van der Waals surface area contributed by atoms with Gasteiger partial charge in [-0.05, 0) is 12.8 Å². The molecule has 1 saturated carbocycles. The second-order valence-corrected chi connectivity index (χ2v) is 2.60. The summed E-state index contributed by atoms with van der Waals surface area (Å²) >= 11 is 0.